The van der Waals surface area contributed by atoms with Gasteiger partial charge in [-0.15, -0.1) is 0 Å². The van der Waals surface area contributed by atoms with Gasteiger partial charge in [-0.05, 0) is 82.4 Å². The second kappa shape index (κ2) is 13.0. The van der Waals surface area contributed by atoms with Gasteiger partial charge in [-0.3, -0.25) is 4.99 Å². The second-order valence-electron chi connectivity index (χ2n) is 12.9. The zero-order valence-electron chi connectivity index (χ0n) is 28.1. The van der Waals surface area contributed by atoms with Crippen LogP contribution in [0, 0.1) is 0 Å². The second-order valence-corrected chi connectivity index (χ2v) is 12.9. The largest absolute Gasteiger partial charge is 0.309 e. The van der Waals surface area contributed by atoms with E-state index in [0.29, 0.717) is 18.2 Å². The molecule has 1 aromatic heterocycles. The van der Waals surface area contributed by atoms with Gasteiger partial charge in [0.1, 0.15) is 0 Å². The van der Waals surface area contributed by atoms with E-state index in [-0.39, 0.29) is 0 Å². The summed E-state index contributed by atoms with van der Waals surface area (Å²) in [5.74, 6) is 1.20. The third kappa shape index (κ3) is 5.67. The number of hydrogen-bond donors (Lipinski definition) is 0. The van der Waals surface area contributed by atoms with Gasteiger partial charge in [0.2, 0.25) is 0 Å². The molecule has 1 aliphatic rings. The van der Waals surface area contributed by atoms with Crippen LogP contribution in [0.3, 0.4) is 0 Å². The SMILES string of the molecule is C=NC(=NC(=NCc1ccccc1)c1ccccc1)c1ccc2c(c1)Cc1cc(-c3ccc4c5ccccc5n(-c5ccccc5)c4c3)ccc1-2. The Hall–Kier alpha value is -6.65. The third-order valence-corrected chi connectivity index (χ3v) is 9.81. The van der Waals surface area contributed by atoms with E-state index in [2.05, 4.69) is 138 Å². The number of aliphatic imine (C=N–C) groups is 3. The van der Waals surface area contributed by atoms with Gasteiger partial charge < -0.3 is 4.57 Å². The Labute approximate surface area is 297 Å². The van der Waals surface area contributed by atoms with Crippen LogP contribution in [0.5, 0.6) is 0 Å². The van der Waals surface area contributed by atoms with Crippen LogP contribution in [0.25, 0.3) is 49.7 Å². The van der Waals surface area contributed by atoms with Crippen molar-refractivity contribution >= 4 is 40.2 Å². The zero-order chi connectivity index (χ0) is 34.1. The van der Waals surface area contributed by atoms with Gasteiger partial charge in [-0.2, -0.15) is 0 Å². The molecule has 51 heavy (non-hydrogen) atoms. The molecule has 242 valence electrons. The van der Waals surface area contributed by atoms with Crippen LogP contribution in [0.1, 0.15) is 27.8 Å². The van der Waals surface area contributed by atoms with Crippen LogP contribution in [-0.2, 0) is 13.0 Å². The number of nitrogens with zero attached hydrogens (tertiary/aromatic N) is 4. The zero-order valence-corrected chi connectivity index (χ0v) is 28.1. The topological polar surface area (TPSA) is 42.0 Å². The minimum atomic E-state index is 0.530. The van der Waals surface area contributed by atoms with Crippen molar-refractivity contribution in [2.24, 2.45) is 15.0 Å². The summed E-state index contributed by atoms with van der Waals surface area (Å²) in [4.78, 5) is 14.3. The molecule has 4 heteroatoms. The molecule has 0 aliphatic heterocycles. The van der Waals surface area contributed by atoms with E-state index in [1.807, 2.05) is 48.5 Å². The standard InChI is InChI=1S/C47H34N4/c1-48-46(50-47(33-15-7-3-8-16-33)49-31-32-13-5-2-6-14-32)36-23-25-41-38(28-36)29-37-27-34(21-24-40(37)41)35-22-26-43-42-19-11-12-20-44(42)51(45(43)30-35)39-17-9-4-10-18-39/h2-28,30H,1,29,31H2. The Morgan fingerprint density at radius 2 is 1.16 bits per heavy atom. The summed E-state index contributed by atoms with van der Waals surface area (Å²) in [6.07, 6.45) is 0.844. The molecule has 9 rings (SSSR count). The molecule has 0 radical (unpaired) electrons. The highest BCUT2D eigenvalue weighted by Gasteiger charge is 2.21. The van der Waals surface area contributed by atoms with Gasteiger partial charge >= 0.3 is 0 Å². The molecule has 0 spiro atoms. The number of para-hydroxylation sites is 2. The Kier molecular flexibility index (Phi) is 7.75. The van der Waals surface area contributed by atoms with Gasteiger partial charge in [0.25, 0.3) is 0 Å². The van der Waals surface area contributed by atoms with Crippen LogP contribution in [-0.4, -0.2) is 23.0 Å². The van der Waals surface area contributed by atoms with Crippen molar-refractivity contribution in [2.45, 2.75) is 13.0 Å². The number of rotatable bonds is 6. The Balaban J connectivity index is 1.05. The summed E-state index contributed by atoms with van der Waals surface area (Å²) < 4.78 is 2.38. The first-order valence-electron chi connectivity index (χ1n) is 17.3. The fourth-order valence-corrected chi connectivity index (χ4v) is 7.35. The molecule has 0 N–H and O–H groups in total. The summed E-state index contributed by atoms with van der Waals surface area (Å²) in [7, 11) is 0. The molecule has 7 aromatic carbocycles. The maximum atomic E-state index is 4.98. The molecule has 1 aliphatic carbocycles. The maximum absolute atomic E-state index is 4.98. The Bertz CT molecular complexity index is 2630. The lowest BCUT2D eigenvalue weighted by Gasteiger charge is -2.10. The predicted molar refractivity (Wildman–Crippen MR) is 214 cm³/mol. The van der Waals surface area contributed by atoms with Crippen LogP contribution >= 0.6 is 0 Å². The molecule has 0 unspecified atom stereocenters. The Morgan fingerprint density at radius 3 is 1.94 bits per heavy atom. The van der Waals surface area contributed by atoms with E-state index in [4.69, 9.17) is 9.98 Å². The smallest absolute Gasteiger partial charge is 0.161 e. The maximum Gasteiger partial charge on any atom is 0.161 e. The lowest BCUT2D eigenvalue weighted by molar-refractivity contribution is 1.06. The average molecular weight is 655 g/mol. The van der Waals surface area contributed by atoms with Gasteiger partial charge in [-0.1, -0.05) is 140 Å². The summed E-state index contributed by atoms with van der Waals surface area (Å²) in [5, 5.41) is 2.52. The van der Waals surface area contributed by atoms with Crippen molar-refractivity contribution in [1.29, 1.82) is 0 Å². The van der Waals surface area contributed by atoms with Crippen LogP contribution < -0.4 is 0 Å². The highest BCUT2D eigenvalue weighted by molar-refractivity contribution is 6.13. The van der Waals surface area contributed by atoms with E-state index < -0.39 is 0 Å². The first-order valence-corrected chi connectivity index (χ1v) is 17.3. The molecule has 0 atom stereocenters. The first-order chi connectivity index (χ1) is 25.2. The molecule has 0 saturated carbocycles. The fraction of sp³-hybridized carbons (Fsp3) is 0.0426. The van der Waals surface area contributed by atoms with Crippen LogP contribution in [0.2, 0.25) is 0 Å². The van der Waals surface area contributed by atoms with Crippen molar-refractivity contribution in [3.63, 3.8) is 0 Å². The quantitative estimate of drug-likeness (QED) is 0.126. The highest BCUT2D eigenvalue weighted by atomic mass is 15.0. The molecule has 0 amide bonds. The van der Waals surface area contributed by atoms with Crippen molar-refractivity contribution in [3.05, 3.63) is 198 Å². The predicted octanol–water partition coefficient (Wildman–Crippen LogP) is 11.1. The van der Waals surface area contributed by atoms with Gasteiger partial charge in [-0.25, -0.2) is 9.98 Å². The fourth-order valence-electron chi connectivity index (χ4n) is 7.35. The van der Waals surface area contributed by atoms with Gasteiger partial charge in [0.05, 0.1) is 17.6 Å². The van der Waals surface area contributed by atoms with Crippen molar-refractivity contribution in [1.82, 2.24) is 4.57 Å². The average Bonchev–Trinajstić information content (AvgIpc) is 3.73. The molecule has 4 nitrogen and oxygen atoms in total. The van der Waals surface area contributed by atoms with Crippen LogP contribution in [0.15, 0.2) is 185 Å². The van der Waals surface area contributed by atoms with E-state index >= 15 is 0 Å². The minimum absolute atomic E-state index is 0.530. The summed E-state index contributed by atoms with van der Waals surface area (Å²) in [6, 6.07) is 59.9. The molecule has 0 fully saturated rings. The number of aromatic nitrogens is 1. The molecule has 1 heterocycles. The van der Waals surface area contributed by atoms with Gasteiger partial charge in [0, 0.05) is 27.6 Å². The van der Waals surface area contributed by atoms with Crippen molar-refractivity contribution < 1.29 is 0 Å². The number of fused-ring (bicyclic) bond motifs is 6. The van der Waals surface area contributed by atoms with Crippen LogP contribution in [0.4, 0.5) is 0 Å². The number of amidine groups is 2. The lowest BCUT2D eigenvalue weighted by Crippen LogP contribution is -2.06. The normalized spacial score (nSPS) is 12.6. The number of hydrogen-bond acceptors (Lipinski definition) is 1. The van der Waals surface area contributed by atoms with E-state index in [1.165, 1.54) is 55.2 Å². The van der Waals surface area contributed by atoms with E-state index in [1.54, 1.807) is 0 Å². The third-order valence-electron chi connectivity index (χ3n) is 9.81. The summed E-state index contributed by atoms with van der Waals surface area (Å²) >= 11 is 0. The van der Waals surface area contributed by atoms with Gasteiger partial charge in [0.15, 0.2) is 11.7 Å². The van der Waals surface area contributed by atoms with E-state index in [0.717, 1.165) is 28.8 Å². The molecule has 8 aromatic rings. The minimum Gasteiger partial charge on any atom is -0.309 e. The number of benzene rings is 7. The lowest BCUT2D eigenvalue weighted by atomic mass is 9.98. The summed E-state index contributed by atoms with van der Waals surface area (Å²) in [6.45, 7) is 4.43. The summed E-state index contributed by atoms with van der Waals surface area (Å²) in [5.41, 5.74) is 14.1. The monoisotopic (exact) mass is 654 g/mol. The molecule has 0 bridgehead atoms. The van der Waals surface area contributed by atoms with Crippen molar-refractivity contribution in [2.75, 3.05) is 0 Å². The molecular formula is C47H34N4. The molecular weight excluding hydrogens is 621 g/mol. The molecule has 0 saturated heterocycles. The van der Waals surface area contributed by atoms with Crippen molar-refractivity contribution in [3.8, 4) is 27.9 Å². The highest BCUT2D eigenvalue weighted by Crippen LogP contribution is 2.40. The Morgan fingerprint density at radius 1 is 0.529 bits per heavy atom. The first kappa shape index (κ1) is 30.4. The van der Waals surface area contributed by atoms with E-state index in [9.17, 15) is 0 Å².